The Kier molecular flexibility index (Phi) is 5.67. The van der Waals surface area contributed by atoms with Gasteiger partial charge in [0.2, 0.25) is 5.91 Å². The van der Waals surface area contributed by atoms with Gasteiger partial charge in [-0.1, -0.05) is 38.1 Å². The number of rotatable bonds is 5. The van der Waals surface area contributed by atoms with Crippen LogP contribution in [0.5, 0.6) is 0 Å². The molecule has 7 nitrogen and oxygen atoms in total. The summed E-state index contributed by atoms with van der Waals surface area (Å²) in [4.78, 5) is 14.2. The summed E-state index contributed by atoms with van der Waals surface area (Å²) in [5.74, 6) is 0.913. The Bertz CT molecular complexity index is 827. The first-order valence-electron chi connectivity index (χ1n) is 9.01. The molecule has 0 spiro atoms. The van der Waals surface area contributed by atoms with E-state index < -0.39 is 6.10 Å². The third kappa shape index (κ3) is 4.60. The van der Waals surface area contributed by atoms with Crippen LogP contribution < -0.4 is 10.2 Å². The molecule has 1 aromatic carbocycles. The molecule has 140 valence electrons. The molecule has 1 amide bonds. The van der Waals surface area contributed by atoms with Gasteiger partial charge < -0.3 is 15.3 Å². The SMILES string of the molecule is CC(C)c1ccc(CC(=O)N[C@@H]2CN(c3ccc(C#N)nn3)C[C@H]2O)cc1. The lowest BCUT2D eigenvalue weighted by molar-refractivity contribution is -0.121. The summed E-state index contributed by atoms with van der Waals surface area (Å²) in [6, 6.07) is 12.9. The highest BCUT2D eigenvalue weighted by molar-refractivity contribution is 5.79. The van der Waals surface area contributed by atoms with E-state index in [-0.39, 0.29) is 24.1 Å². The van der Waals surface area contributed by atoms with Crippen molar-refractivity contribution in [3.8, 4) is 6.07 Å². The number of benzene rings is 1. The lowest BCUT2D eigenvalue weighted by atomic mass is 10.0. The van der Waals surface area contributed by atoms with Crippen molar-refractivity contribution in [3.05, 3.63) is 53.2 Å². The second-order valence-corrected chi connectivity index (χ2v) is 7.11. The van der Waals surface area contributed by atoms with Gasteiger partial charge in [-0.05, 0) is 29.2 Å². The van der Waals surface area contributed by atoms with Crippen LogP contribution >= 0.6 is 0 Å². The first-order chi connectivity index (χ1) is 13.0. The number of nitriles is 1. The van der Waals surface area contributed by atoms with Crippen molar-refractivity contribution < 1.29 is 9.90 Å². The molecular formula is C20H23N5O2. The quantitative estimate of drug-likeness (QED) is 0.830. The van der Waals surface area contributed by atoms with Crippen molar-refractivity contribution in [1.82, 2.24) is 15.5 Å². The van der Waals surface area contributed by atoms with E-state index in [0.717, 1.165) is 5.56 Å². The molecular weight excluding hydrogens is 342 g/mol. The molecule has 0 unspecified atom stereocenters. The van der Waals surface area contributed by atoms with Crippen molar-refractivity contribution in [2.45, 2.75) is 38.3 Å². The minimum atomic E-state index is -0.685. The summed E-state index contributed by atoms with van der Waals surface area (Å²) in [6.45, 7) is 5.06. The maximum atomic E-state index is 12.4. The number of nitrogens with one attached hydrogen (secondary N) is 1. The maximum Gasteiger partial charge on any atom is 0.224 e. The molecule has 1 saturated heterocycles. The summed E-state index contributed by atoms with van der Waals surface area (Å²) >= 11 is 0. The van der Waals surface area contributed by atoms with Crippen molar-refractivity contribution in [2.75, 3.05) is 18.0 Å². The van der Waals surface area contributed by atoms with Crippen LogP contribution in [-0.2, 0) is 11.2 Å². The number of amides is 1. The fourth-order valence-corrected chi connectivity index (χ4v) is 3.13. The zero-order valence-corrected chi connectivity index (χ0v) is 15.5. The molecule has 0 radical (unpaired) electrons. The van der Waals surface area contributed by atoms with Gasteiger partial charge in [-0.25, -0.2) is 0 Å². The summed E-state index contributed by atoms with van der Waals surface area (Å²) < 4.78 is 0. The first kappa shape index (κ1) is 18.8. The van der Waals surface area contributed by atoms with E-state index in [1.807, 2.05) is 35.2 Å². The van der Waals surface area contributed by atoms with Crippen LogP contribution in [0.15, 0.2) is 36.4 Å². The van der Waals surface area contributed by atoms with Gasteiger partial charge in [0.25, 0.3) is 0 Å². The zero-order chi connectivity index (χ0) is 19.4. The number of β-amino-alcohol motifs (C(OH)–C–C–N with tert-alkyl or cyclic N) is 1. The third-order valence-corrected chi connectivity index (χ3v) is 4.74. The zero-order valence-electron chi connectivity index (χ0n) is 15.5. The average Bonchev–Trinajstić information content (AvgIpc) is 3.02. The van der Waals surface area contributed by atoms with Gasteiger partial charge in [-0.3, -0.25) is 4.79 Å². The normalized spacial score (nSPS) is 19.1. The molecule has 2 heterocycles. The highest BCUT2D eigenvalue weighted by Gasteiger charge is 2.33. The Hall–Kier alpha value is -2.98. The Balaban J connectivity index is 1.56. The topological polar surface area (TPSA) is 102 Å². The lowest BCUT2D eigenvalue weighted by Crippen LogP contribution is -2.43. The van der Waals surface area contributed by atoms with E-state index in [1.165, 1.54) is 5.56 Å². The highest BCUT2D eigenvalue weighted by atomic mass is 16.3. The Labute approximate surface area is 158 Å². The molecule has 1 aliphatic rings. The van der Waals surface area contributed by atoms with Crippen molar-refractivity contribution in [1.29, 1.82) is 5.26 Å². The molecule has 1 fully saturated rings. The number of hydrogen-bond donors (Lipinski definition) is 2. The fourth-order valence-electron chi connectivity index (χ4n) is 3.13. The van der Waals surface area contributed by atoms with Crippen LogP contribution in [0.25, 0.3) is 0 Å². The molecule has 1 aliphatic heterocycles. The van der Waals surface area contributed by atoms with E-state index in [0.29, 0.717) is 24.8 Å². The van der Waals surface area contributed by atoms with Crippen molar-refractivity contribution in [2.24, 2.45) is 0 Å². The van der Waals surface area contributed by atoms with Crippen molar-refractivity contribution in [3.63, 3.8) is 0 Å². The van der Waals surface area contributed by atoms with E-state index in [4.69, 9.17) is 5.26 Å². The molecule has 2 aromatic rings. The fraction of sp³-hybridized carbons (Fsp3) is 0.400. The van der Waals surface area contributed by atoms with E-state index in [9.17, 15) is 9.90 Å². The smallest absolute Gasteiger partial charge is 0.224 e. The van der Waals surface area contributed by atoms with E-state index in [2.05, 4.69) is 29.4 Å². The monoisotopic (exact) mass is 365 g/mol. The molecule has 0 aliphatic carbocycles. The van der Waals surface area contributed by atoms with Crippen molar-refractivity contribution >= 4 is 11.7 Å². The van der Waals surface area contributed by atoms with Crippen LogP contribution in [0, 0.1) is 11.3 Å². The summed E-state index contributed by atoms with van der Waals surface area (Å²) in [7, 11) is 0. The molecule has 7 heteroatoms. The van der Waals surface area contributed by atoms with Crippen LogP contribution in [-0.4, -0.2) is 46.4 Å². The van der Waals surface area contributed by atoms with Gasteiger partial charge in [0.1, 0.15) is 6.07 Å². The number of aromatic nitrogens is 2. The van der Waals surface area contributed by atoms with Crippen LogP contribution in [0.2, 0.25) is 0 Å². The summed E-state index contributed by atoms with van der Waals surface area (Å²) in [6.07, 6.45) is -0.409. The second-order valence-electron chi connectivity index (χ2n) is 7.11. The average molecular weight is 365 g/mol. The van der Waals surface area contributed by atoms with Gasteiger partial charge in [-0.2, -0.15) is 5.26 Å². The molecule has 1 aromatic heterocycles. The number of carbonyl (C=O) groups excluding carboxylic acids is 1. The summed E-state index contributed by atoms with van der Waals surface area (Å²) in [5.41, 5.74) is 2.43. The number of anilines is 1. The molecule has 2 atom stereocenters. The van der Waals surface area contributed by atoms with Gasteiger partial charge in [0.05, 0.1) is 18.6 Å². The highest BCUT2D eigenvalue weighted by Crippen LogP contribution is 2.18. The standard InChI is InChI=1S/C20H23N5O2/c1-13(2)15-5-3-14(4-6-15)9-20(27)22-17-11-25(12-18(17)26)19-8-7-16(10-21)23-24-19/h3-8,13,17-18,26H,9,11-12H2,1-2H3,(H,22,27)/t17-,18-/m1/s1. The molecule has 27 heavy (non-hydrogen) atoms. The predicted octanol–water partition coefficient (Wildman–Crippen LogP) is 1.38. The molecule has 2 N–H and O–H groups in total. The molecule has 0 bridgehead atoms. The Morgan fingerprint density at radius 1 is 1.26 bits per heavy atom. The third-order valence-electron chi connectivity index (χ3n) is 4.74. The van der Waals surface area contributed by atoms with Gasteiger partial charge >= 0.3 is 0 Å². The number of carbonyl (C=O) groups is 1. The van der Waals surface area contributed by atoms with Gasteiger partial charge in [0.15, 0.2) is 11.5 Å². The summed E-state index contributed by atoms with van der Waals surface area (Å²) in [5, 5.41) is 29.8. The Morgan fingerprint density at radius 3 is 2.59 bits per heavy atom. The maximum absolute atomic E-state index is 12.4. The Morgan fingerprint density at radius 2 is 2.00 bits per heavy atom. The van der Waals surface area contributed by atoms with Crippen LogP contribution in [0.1, 0.15) is 36.6 Å². The van der Waals surface area contributed by atoms with E-state index in [1.54, 1.807) is 12.1 Å². The lowest BCUT2D eigenvalue weighted by Gasteiger charge is -2.17. The molecule has 3 rings (SSSR count). The number of nitrogens with zero attached hydrogens (tertiary/aromatic N) is 4. The largest absolute Gasteiger partial charge is 0.389 e. The second kappa shape index (κ2) is 8.14. The number of aliphatic hydroxyl groups is 1. The van der Waals surface area contributed by atoms with Crippen LogP contribution in [0.3, 0.4) is 0 Å². The number of hydrogen-bond acceptors (Lipinski definition) is 6. The van der Waals surface area contributed by atoms with Gasteiger partial charge in [0, 0.05) is 13.1 Å². The van der Waals surface area contributed by atoms with Crippen LogP contribution in [0.4, 0.5) is 5.82 Å². The van der Waals surface area contributed by atoms with E-state index >= 15 is 0 Å². The van der Waals surface area contributed by atoms with Gasteiger partial charge in [-0.15, -0.1) is 10.2 Å². The number of aliphatic hydroxyl groups excluding tert-OH is 1. The molecule has 0 saturated carbocycles. The first-order valence-corrected chi connectivity index (χ1v) is 9.01. The minimum Gasteiger partial charge on any atom is -0.389 e. The minimum absolute atomic E-state index is 0.121. The predicted molar refractivity (Wildman–Crippen MR) is 101 cm³/mol.